The number of amides is 1. The zero-order valence-corrected chi connectivity index (χ0v) is 13.7. The van der Waals surface area contributed by atoms with Gasteiger partial charge in [-0.15, -0.1) is 0 Å². The maximum atomic E-state index is 12.3. The Kier molecular flexibility index (Phi) is 3.93. The zero-order chi connectivity index (χ0) is 17.2. The van der Waals surface area contributed by atoms with Gasteiger partial charge in [0, 0.05) is 25.5 Å². The summed E-state index contributed by atoms with van der Waals surface area (Å²) in [6.07, 6.45) is 0.150. The van der Waals surface area contributed by atoms with E-state index < -0.39 is 6.10 Å². The van der Waals surface area contributed by atoms with Crippen molar-refractivity contribution in [1.29, 1.82) is 0 Å². The van der Waals surface area contributed by atoms with Crippen LogP contribution in [0.1, 0.15) is 17.0 Å². The van der Waals surface area contributed by atoms with E-state index in [-0.39, 0.29) is 5.91 Å². The lowest BCUT2D eigenvalue weighted by molar-refractivity contribution is -0.127. The molecule has 0 bridgehead atoms. The third kappa shape index (κ3) is 3.24. The number of carbonyl (C=O) groups excluding carboxylic acids is 1. The van der Waals surface area contributed by atoms with E-state index >= 15 is 0 Å². The standard InChI is InChI=1S/C19H17N3O3/c1-12-21-18(22-25-12)14-8-6-13(7-9-14)11-20-19(23)17-10-15-4-2-3-5-16(15)24-17/h2-9,17H,10-11H2,1H3,(H,20,23)/t17-/m1/s1. The Morgan fingerprint density at radius 3 is 2.72 bits per heavy atom. The zero-order valence-electron chi connectivity index (χ0n) is 13.7. The minimum Gasteiger partial charge on any atom is -0.480 e. The fourth-order valence-corrected chi connectivity index (χ4v) is 2.82. The summed E-state index contributed by atoms with van der Waals surface area (Å²) in [4.78, 5) is 16.5. The third-order valence-electron chi connectivity index (χ3n) is 4.15. The van der Waals surface area contributed by atoms with Crippen molar-refractivity contribution in [3.63, 3.8) is 0 Å². The maximum absolute atomic E-state index is 12.3. The first-order chi connectivity index (χ1) is 12.2. The Balaban J connectivity index is 1.35. The van der Waals surface area contributed by atoms with E-state index in [0.29, 0.717) is 24.7 Å². The molecule has 25 heavy (non-hydrogen) atoms. The number of hydrogen-bond donors (Lipinski definition) is 1. The molecule has 0 unspecified atom stereocenters. The van der Waals surface area contributed by atoms with Crippen LogP contribution in [0.4, 0.5) is 0 Å². The van der Waals surface area contributed by atoms with Gasteiger partial charge < -0.3 is 14.6 Å². The number of aryl methyl sites for hydroxylation is 1. The fraction of sp³-hybridized carbons (Fsp3) is 0.211. The van der Waals surface area contributed by atoms with Crippen molar-refractivity contribution in [1.82, 2.24) is 15.5 Å². The number of nitrogens with zero attached hydrogens (tertiary/aromatic N) is 2. The highest BCUT2D eigenvalue weighted by Crippen LogP contribution is 2.28. The molecule has 2 heterocycles. The molecular formula is C19H17N3O3. The minimum absolute atomic E-state index is 0.103. The number of carbonyl (C=O) groups is 1. The van der Waals surface area contributed by atoms with Crippen molar-refractivity contribution in [2.75, 3.05) is 0 Å². The van der Waals surface area contributed by atoms with E-state index in [2.05, 4.69) is 15.5 Å². The molecule has 0 spiro atoms. The SMILES string of the molecule is Cc1nc(-c2ccc(CNC(=O)[C@H]3Cc4ccccc4O3)cc2)no1. The van der Waals surface area contributed by atoms with Crippen LogP contribution in [0.25, 0.3) is 11.4 Å². The molecule has 1 amide bonds. The van der Waals surface area contributed by atoms with Crippen molar-refractivity contribution >= 4 is 5.91 Å². The quantitative estimate of drug-likeness (QED) is 0.793. The lowest BCUT2D eigenvalue weighted by Gasteiger charge is -2.11. The largest absolute Gasteiger partial charge is 0.480 e. The molecule has 0 saturated heterocycles. The number of ether oxygens (including phenoxy) is 1. The molecule has 0 fully saturated rings. The van der Waals surface area contributed by atoms with Crippen molar-refractivity contribution < 1.29 is 14.1 Å². The van der Waals surface area contributed by atoms with Gasteiger partial charge in [-0.1, -0.05) is 47.6 Å². The summed E-state index contributed by atoms with van der Waals surface area (Å²) in [5, 5.41) is 6.81. The van der Waals surface area contributed by atoms with Gasteiger partial charge in [0.25, 0.3) is 5.91 Å². The van der Waals surface area contributed by atoms with Gasteiger partial charge in [0.05, 0.1) is 0 Å². The second-order valence-corrected chi connectivity index (χ2v) is 5.97. The lowest BCUT2D eigenvalue weighted by Crippen LogP contribution is -2.36. The second-order valence-electron chi connectivity index (χ2n) is 5.97. The number of fused-ring (bicyclic) bond motifs is 1. The summed E-state index contributed by atoms with van der Waals surface area (Å²) in [5.74, 6) is 1.78. The minimum atomic E-state index is -0.459. The molecule has 126 valence electrons. The molecule has 4 rings (SSSR count). The van der Waals surface area contributed by atoms with Crippen molar-refractivity contribution in [2.24, 2.45) is 0 Å². The van der Waals surface area contributed by atoms with Crippen LogP contribution in [0.3, 0.4) is 0 Å². The van der Waals surface area contributed by atoms with E-state index in [9.17, 15) is 4.79 Å². The molecule has 1 aliphatic heterocycles. The normalized spacial score (nSPS) is 15.5. The highest BCUT2D eigenvalue weighted by atomic mass is 16.5. The molecule has 1 atom stereocenters. The first kappa shape index (κ1) is 15.4. The molecule has 0 radical (unpaired) electrons. The summed E-state index contributed by atoms with van der Waals surface area (Å²) < 4.78 is 10.7. The van der Waals surface area contributed by atoms with Crippen LogP contribution in [0.5, 0.6) is 5.75 Å². The predicted octanol–water partition coefficient (Wildman–Crippen LogP) is 2.66. The fourth-order valence-electron chi connectivity index (χ4n) is 2.82. The lowest BCUT2D eigenvalue weighted by atomic mass is 10.1. The molecule has 0 aliphatic carbocycles. The van der Waals surface area contributed by atoms with Crippen molar-refractivity contribution in [3.8, 4) is 17.1 Å². The van der Waals surface area contributed by atoms with Gasteiger partial charge in [0.15, 0.2) is 6.10 Å². The van der Waals surface area contributed by atoms with E-state index in [0.717, 1.165) is 22.4 Å². The van der Waals surface area contributed by atoms with Gasteiger partial charge in [0.1, 0.15) is 5.75 Å². The van der Waals surface area contributed by atoms with Crippen LogP contribution in [0, 0.1) is 6.92 Å². The number of aromatic nitrogens is 2. The second kappa shape index (κ2) is 6.39. The highest BCUT2D eigenvalue weighted by molar-refractivity contribution is 5.82. The first-order valence-corrected chi connectivity index (χ1v) is 8.11. The van der Waals surface area contributed by atoms with Crippen molar-refractivity contribution in [3.05, 3.63) is 65.5 Å². The smallest absolute Gasteiger partial charge is 0.261 e. The Morgan fingerprint density at radius 1 is 1.20 bits per heavy atom. The molecule has 1 N–H and O–H groups in total. The average molecular weight is 335 g/mol. The van der Waals surface area contributed by atoms with E-state index in [1.165, 1.54) is 0 Å². The highest BCUT2D eigenvalue weighted by Gasteiger charge is 2.28. The molecule has 3 aromatic rings. The average Bonchev–Trinajstić information content (AvgIpc) is 3.26. The summed E-state index contributed by atoms with van der Waals surface area (Å²) in [5.41, 5.74) is 2.94. The number of nitrogens with one attached hydrogen (secondary N) is 1. The van der Waals surface area contributed by atoms with Crippen LogP contribution >= 0.6 is 0 Å². The Morgan fingerprint density at radius 2 is 2.00 bits per heavy atom. The van der Waals surface area contributed by atoms with Gasteiger partial charge in [0.2, 0.25) is 11.7 Å². The molecule has 1 aliphatic rings. The van der Waals surface area contributed by atoms with Crippen LogP contribution in [0.15, 0.2) is 53.1 Å². The van der Waals surface area contributed by atoms with Gasteiger partial charge in [-0.05, 0) is 17.2 Å². The Bertz CT molecular complexity index is 877. The summed E-state index contributed by atoms with van der Waals surface area (Å²) in [6, 6.07) is 15.4. The van der Waals surface area contributed by atoms with E-state index in [1.54, 1.807) is 6.92 Å². The summed E-state index contributed by atoms with van der Waals surface area (Å²) in [7, 11) is 0. The molecule has 2 aromatic carbocycles. The molecule has 6 nitrogen and oxygen atoms in total. The van der Waals surface area contributed by atoms with Gasteiger partial charge in [-0.25, -0.2) is 0 Å². The van der Waals surface area contributed by atoms with Gasteiger partial charge in [-0.2, -0.15) is 4.98 Å². The molecule has 6 heteroatoms. The third-order valence-corrected chi connectivity index (χ3v) is 4.15. The Labute approximate surface area is 144 Å². The molecular weight excluding hydrogens is 318 g/mol. The molecule has 1 aromatic heterocycles. The maximum Gasteiger partial charge on any atom is 0.261 e. The Hall–Kier alpha value is -3.15. The topological polar surface area (TPSA) is 77.2 Å². The number of rotatable bonds is 4. The summed E-state index contributed by atoms with van der Waals surface area (Å²) >= 11 is 0. The van der Waals surface area contributed by atoms with Gasteiger partial charge >= 0.3 is 0 Å². The number of para-hydroxylation sites is 1. The monoisotopic (exact) mass is 335 g/mol. The van der Waals surface area contributed by atoms with E-state index in [1.807, 2.05) is 48.5 Å². The van der Waals surface area contributed by atoms with Crippen LogP contribution in [-0.2, 0) is 17.8 Å². The number of hydrogen-bond acceptors (Lipinski definition) is 5. The van der Waals surface area contributed by atoms with E-state index in [4.69, 9.17) is 9.26 Å². The van der Waals surface area contributed by atoms with Crippen LogP contribution in [0.2, 0.25) is 0 Å². The van der Waals surface area contributed by atoms with Crippen LogP contribution < -0.4 is 10.1 Å². The predicted molar refractivity (Wildman–Crippen MR) is 90.9 cm³/mol. The first-order valence-electron chi connectivity index (χ1n) is 8.11. The summed E-state index contributed by atoms with van der Waals surface area (Å²) in [6.45, 7) is 2.20. The number of benzene rings is 2. The molecule has 0 saturated carbocycles. The van der Waals surface area contributed by atoms with Crippen LogP contribution in [-0.4, -0.2) is 22.2 Å². The van der Waals surface area contributed by atoms with Gasteiger partial charge in [-0.3, -0.25) is 4.79 Å². The van der Waals surface area contributed by atoms with Crippen molar-refractivity contribution in [2.45, 2.75) is 26.0 Å².